The third kappa shape index (κ3) is 6.37. The average Bonchev–Trinajstić information content (AvgIpc) is 3.02. The zero-order valence-corrected chi connectivity index (χ0v) is 21.0. The third-order valence-electron chi connectivity index (χ3n) is 5.61. The SMILES string of the molecule is CCOC(CC(CO[Si](C)(C)C(C)(C)C)Cn1cnc2c(Cl)nc(N)nc21)OCC. The number of nitrogen functional groups attached to an aromatic ring is 1. The van der Waals surface area contributed by atoms with Gasteiger partial charge in [-0.25, -0.2) is 4.98 Å². The van der Waals surface area contributed by atoms with Crippen LogP contribution >= 0.6 is 11.6 Å². The van der Waals surface area contributed by atoms with E-state index in [-0.39, 0.29) is 28.3 Å². The second-order valence-electron chi connectivity index (χ2n) is 8.96. The van der Waals surface area contributed by atoms with E-state index in [0.29, 0.717) is 44.0 Å². The van der Waals surface area contributed by atoms with Gasteiger partial charge in [-0.05, 0) is 32.0 Å². The van der Waals surface area contributed by atoms with Crippen LogP contribution in [-0.4, -0.2) is 53.9 Å². The number of hydrogen-bond donors (Lipinski definition) is 1. The summed E-state index contributed by atoms with van der Waals surface area (Å²) in [5.74, 6) is 0.263. The Kier molecular flexibility index (Phi) is 8.64. The Balaban J connectivity index is 2.26. The summed E-state index contributed by atoms with van der Waals surface area (Å²) in [4.78, 5) is 12.7. The van der Waals surface area contributed by atoms with Crippen molar-refractivity contribution in [2.75, 3.05) is 25.6 Å². The summed E-state index contributed by atoms with van der Waals surface area (Å²) in [7, 11) is -1.90. The number of ether oxygens (including phenoxy) is 2. The number of rotatable bonds is 11. The average molecular weight is 458 g/mol. The molecule has 0 fully saturated rings. The molecule has 2 rings (SSSR count). The van der Waals surface area contributed by atoms with Gasteiger partial charge in [0, 0.05) is 38.7 Å². The maximum absolute atomic E-state index is 6.53. The number of halogens is 1. The highest BCUT2D eigenvalue weighted by Crippen LogP contribution is 2.37. The first-order valence-electron chi connectivity index (χ1n) is 10.5. The summed E-state index contributed by atoms with van der Waals surface area (Å²) < 4.78 is 20.1. The maximum Gasteiger partial charge on any atom is 0.223 e. The molecule has 0 amide bonds. The monoisotopic (exact) mass is 457 g/mol. The van der Waals surface area contributed by atoms with Gasteiger partial charge in [0.25, 0.3) is 0 Å². The minimum absolute atomic E-state index is 0.129. The fourth-order valence-electron chi connectivity index (χ4n) is 2.90. The van der Waals surface area contributed by atoms with Crippen LogP contribution in [0.4, 0.5) is 5.95 Å². The van der Waals surface area contributed by atoms with Crippen molar-refractivity contribution in [2.24, 2.45) is 5.92 Å². The van der Waals surface area contributed by atoms with Crippen LogP contribution in [0.5, 0.6) is 0 Å². The Labute approximate surface area is 185 Å². The maximum atomic E-state index is 6.53. The fourth-order valence-corrected chi connectivity index (χ4v) is 4.21. The molecule has 0 aliphatic carbocycles. The number of fused-ring (bicyclic) bond motifs is 1. The van der Waals surface area contributed by atoms with Gasteiger partial charge in [-0.1, -0.05) is 32.4 Å². The van der Waals surface area contributed by atoms with Gasteiger partial charge in [-0.15, -0.1) is 0 Å². The zero-order valence-electron chi connectivity index (χ0n) is 19.2. The van der Waals surface area contributed by atoms with E-state index in [1.807, 2.05) is 18.4 Å². The van der Waals surface area contributed by atoms with Gasteiger partial charge in [0.05, 0.1) is 6.33 Å². The van der Waals surface area contributed by atoms with Crippen LogP contribution < -0.4 is 5.73 Å². The molecule has 30 heavy (non-hydrogen) atoms. The largest absolute Gasteiger partial charge is 0.416 e. The van der Waals surface area contributed by atoms with Crippen LogP contribution in [0, 0.1) is 5.92 Å². The second kappa shape index (κ2) is 10.4. The molecule has 0 aromatic carbocycles. The number of nitrogens with zero attached hydrogens (tertiary/aromatic N) is 4. The molecule has 170 valence electrons. The predicted molar refractivity (Wildman–Crippen MR) is 123 cm³/mol. The topological polar surface area (TPSA) is 97.3 Å². The van der Waals surface area contributed by atoms with Crippen LogP contribution in [-0.2, 0) is 20.4 Å². The van der Waals surface area contributed by atoms with E-state index in [0.717, 1.165) is 0 Å². The molecule has 2 aromatic heterocycles. The first kappa shape index (κ1) is 25.0. The molecule has 10 heteroatoms. The van der Waals surface area contributed by atoms with Gasteiger partial charge in [-0.3, -0.25) is 0 Å². The molecule has 1 atom stereocenters. The number of aromatic nitrogens is 4. The molecule has 0 radical (unpaired) electrons. The van der Waals surface area contributed by atoms with Crippen LogP contribution in [0.2, 0.25) is 23.3 Å². The van der Waals surface area contributed by atoms with E-state index in [4.69, 9.17) is 31.2 Å². The van der Waals surface area contributed by atoms with Crippen LogP contribution in [0.3, 0.4) is 0 Å². The summed E-state index contributed by atoms with van der Waals surface area (Å²) in [5.41, 5.74) is 6.96. The van der Waals surface area contributed by atoms with Gasteiger partial charge in [0.1, 0.15) is 5.52 Å². The first-order chi connectivity index (χ1) is 14.0. The minimum Gasteiger partial charge on any atom is -0.416 e. The molecule has 2 heterocycles. The van der Waals surface area contributed by atoms with Crippen molar-refractivity contribution < 1.29 is 13.9 Å². The highest BCUT2D eigenvalue weighted by Gasteiger charge is 2.38. The van der Waals surface area contributed by atoms with E-state index in [1.165, 1.54) is 0 Å². The van der Waals surface area contributed by atoms with Gasteiger partial charge in [0.2, 0.25) is 5.95 Å². The van der Waals surface area contributed by atoms with Crippen molar-refractivity contribution >= 4 is 37.0 Å². The van der Waals surface area contributed by atoms with E-state index in [9.17, 15) is 0 Å². The van der Waals surface area contributed by atoms with Crippen molar-refractivity contribution in [3.05, 3.63) is 11.5 Å². The fraction of sp³-hybridized carbons (Fsp3) is 0.750. The van der Waals surface area contributed by atoms with E-state index in [1.54, 1.807) is 6.33 Å². The van der Waals surface area contributed by atoms with Crippen molar-refractivity contribution in [3.63, 3.8) is 0 Å². The highest BCUT2D eigenvalue weighted by molar-refractivity contribution is 6.74. The molecule has 2 N–H and O–H groups in total. The summed E-state index contributed by atoms with van der Waals surface area (Å²) in [5, 5.41) is 0.389. The lowest BCUT2D eigenvalue weighted by Crippen LogP contribution is -2.42. The zero-order chi connectivity index (χ0) is 22.5. The molecule has 0 saturated heterocycles. The molecular weight excluding hydrogens is 422 g/mol. The molecule has 0 aliphatic rings. The number of anilines is 1. The van der Waals surface area contributed by atoms with Crippen molar-refractivity contribution in [3.8, 4) is 0 Å². The smallest absolute Gasteiger partial charge is 0.223 e. The Morgan fingerprint density at radius 2 is 1.80 bits per heavy atom. The van der Waals surface area contributed by atoms with Gasteiger partial charge in [0.15, 0.2) is 25.4 Å². The van der Waals surface area contributed by atoms with Crippen LogP contribution in [0.15, 0.2) is 6.33 Å². The molecule has 0 bridgehead atoms. The number of hydrogen-bond acceptors (Lipinski definition) is 7. The van der Waals surface area contributed by atoms with E-state index >= 15 is 0 Å². The van der Waals surface area contributed by atoms with Crippen molar-refractivity contribution in [1.29, 1.82) is 0 Å². The first-order valence-corrected chi connectivity index (χ1v) is 13.8. The normalized spacial score (nSPS) is 14.0. The molecular formula is C20H36ClN5O3Si. The lowest BCUT2D eigenvalue weighted by atomic mass is 10.1. The standard InChI is InChI=1S/C20H36ClN5O3Si/c1-8-27-15(28-9-2)10-14(12-29-30(6,7)20(3,4)5)11-26-13-23-16-17(21)24-19(22)25-18(16)26/h13-15H,8-12H2,1-7H3,(H2,22,24,25). The lowest BCUT2D eigenvalue weighted by Gasteiger charge is -2.37. The molecule has 0 saturated carbocycles. The Morgan fingerprint density at radius 1 is 1.17 bits per heavy atom. The third-order valence-corrected chi connectivity index (χ3v) is 10.4. The predicted octanol–water partition coefficient (Wildman–Crippen LogP) is 4.49. The summed E-state index contributed by atoms with van der Waals surface area (Å²) in [6.07, 6.45) is 2.14. The van der Waals surface area contributed by atoms with Gasteiger partial charge in [-0.2, -0.15) is 9.97 Å². The summed E-state index contributed by atoms with van der Waals surface area (Å²) in [6, 6.07) is 0. The Bertz CT molecular complexity index is 819. The molecule has 8 nitrogen and oxygen atoms in total. The van der Waals surface area contributed by atoms with Gasteiger partial charge < -0.3 is 24.2 Å². The van der Waals surface area contributed by atoms with Crippen LogP contribution in [0.1, 0.15) is 41.0 Å². The van der Waals surface area contributed by atoms with Crippen LogP contribution in [0.25, 0.3) is 11.2 Å². The van der Waals surface area contributed by atoms with Crippen molar-refractivity contribution in [2.45, 2.75) is 72.0 Å². The van der Waals surface area contributed by atoms with Crippen molar-refractivity contribution in [1.82, 2.24) is 19.5 Å². The quantitative estimate of drug-likeness (QED) is 0.301. The van der Waals surface area contributed by atoms with Gasteiger partial charge >= 0.3 is 0 Å². The Hall–Kier alpha value is -1.26. The number of imidazole rings is 1. The molecule has 2 aromatic rings. The number of nitrogens with two attached hydrogens (primary N) is 1. The van der Waals surface area contributed by atoms with E-state index < -0.39 is 8.32 Å². The minimum atomic E-state index is -1.90. The summed E-state index contributed by atoms with van der Waals surface area (Å²) in [6.45, 7) is 17.6. The lowest BCUT2D eigenvalue weighted by molar-refractivity contribution is -0.148. The second-order valence-corrected chi connectivity index (χ2v) is 14.1. The van der Waals surface area contributed by atoms with E-state index in [2.05, 4.69) is 48.8 Å². The molecule has 0 aliphatic heterocycles. The highest BCUT2D eigenvalue weighted by atomic mass is 35.5. The molecule has 1 unspecified atom stereocenters. The molecule has 0 spiro atoms. The Morgan fingerprint density at radius 3 is 2.37 bits per heavy atom. The summed E-state index contributed by atoms with van der Waals surface area (Å²) >= 11 is 6.18.